The van der Waals surface area contributed by atoms with Gasteiger partial charge in [0.2, 0.25) is 5.91 Å². The van der Waals surface area contributed by atoms with Gasteiger partial charge in [-0.05, 0) is 12.8 Å². The highest BCUT2D eigenvalue weighted by Gasteiger charge is 2.42. The third-order valence-electron chi connectivity index (χ3n) is 5.06. The van der Waals surface area contributed by atoms with Crippen LogP contribution in [0.5, 0.6) is 0 Å². The minimum absolute atomic E-state index is 0.0991. The zero-order valence-electron chi connectivity index (χ0n) is 15.6. The molecule has 1 aromatic rings. The van der Waals surface area contributed by atoms with Crippen LogP contribution in [0.3, 0.4) is 0 Å². The summed E-state index contributed by atoms with van der Waals surface area (Å²) >= 11 is 0. The van der Waals surface area contributed by atoms with Gasteiger partial charge in [-0.3, -0.25) is 9.59 Å². The van der Waals surface area contributed by atoms with Crippen LogP contribution in [0.15, 0.2) is 15.1 Å². The molecule has 2 aliphatic rings. The van der Waals surface area contributed by atoms with E-state index in [9.17, 15) is 13.8 Å². The largest absolute Gasteiger partial charge is 0.378 e. The van der Waals surface area contributed by atoms with Crippen molar-refractivity contribution < 1.29 is 27.8 Å². The van der Waals surface area contributed by atoms with Crippen molar-refractivity contribution in [3.63, 3.8) is 0 Å². The molecule has 2 saturated heterocycles. The molecule has 0 saturated carbocycles. The zero-order valence-corrected chi connectivity index (χ0v) is 16.5. The van der Waals surface area contributed by atoms with Gasteiger partial charge in [0.25, 0.3) is 5.91 Å². The van der Waals surface area contributed by atoms with E-state index in [0.717, 1.165) is 0 Å². The summed E-state index contributed by atoms with van der Waals surface area (Å²) in [5.74, 6) is 0.0221. The Morgan fingerprint density at radius 1 is 1.41 bits per heavy atom. The minimum atomic E-state index is -2.68. The summed E-state index contributed by atoms with van der Waals surface area (Å²) in [6.07, 6.45) is 2.67. The number of nitrogens with zero attached hydrogens (tertiary/aromatic N) is 3. The van der Waals surface area contributed by atoms with Crippen LogP contribution >= 0.6 is 0 Å². The summed E-state index contributed by atoms with van der Waals surface area (Å²) in [5, 5.41) is 3.71. The fraction of sp³-hybridized carbons (Fsp3) is 0.706. The molecule has 1 aromatic heterocycles. The van der Waals surface area contributed by atoms with E-state index in [1.165, 1.54) is 13.4 Å². The molecular formula is C17H25N3O6S. The third-order valence-corrected chi connectivity index (χ3v) is 7.24. The van der Waals surface area contributed by atoms with E-state index in [0.29, 0.717) is 44.7 Å². The quantitative estimate of drug-likeness (QED) is 0.748. The van der Waals surface area contributed by atoms with Crippen molar-refractivity contribution >= 4 is 21.5 Å². The average Bonchev–Trinajstić information content (AvgIpc) is 3.13. The molecule has 3 heterocycles. The minimum Gasteiger partial charge on any atom is -0.378 e. The maximum atomic E-state index is 13.1. The van der Waals surface area contributed by atoms with Gasteiger partial charge in [-0.25, -0.2) is 4.21 Å². The topological polar surface area (TPSA) is 111 Å². The van der Waals surface area contributed by atoms with Crippen molar-refractivity contribution in [1.29, 1.82) is 0 Å². The van der Waals surface area contributed by atoms with Gasteiger partial charge in [0.15, 0.2) is 0 Å². The Hall–Kier alpha value is -1.78. The Morgan fingerprint density at radius 2 is 2.15 bits per heavy atom. The Kier molecular flexibility index (Phi) is 5.97. The first kappa shape index (κ1) is 20.0. The summed E-state index contributed by atoms with van der Waals surface area (Å²) in [4.78, 5) is 26.3. The molecule has 9 nitrogen and oxygen atoms in total. The molecule has 27 heavy (non-hydrogen) atoms. The number of amides is 2. The van der Waals surface area contributed by atoms with E-state index in [2.05, 4.69) is 9.52 Å². The van der Waals surface area contributed by atoms with Gasteiger partial charge in [-0.2, -0.15) is 4.36 Å². The summed E-state index contributed by atoms with van der Waals surface area (Å²) in [6, 6.07) is 0. The summed E-state index contributed by atoms with van der Waals surface area (Å²) in [7, 11) is -1.20. The fourth-order valence-electron chi connectivity index (χ4n) is 3.47. The Labute approximate surface area is 158 Å². The highest BCUT2D eigenvalue weighted by Crippen LogP contribution is 2.32. The van der Waals surface area contributed by atoms with Crippen LogP contribution in [0.2, 0.25) is 0 Å². The van der Waals surface area contributed by atoms with Crippen molar-refractivity contribution in [3.8, 4) is 0 Å². The van der Waals surface area contributed by atoms with Crippen LogP contribution in [-0.2, 0) is 30.6 Å². The van der Waals surface area contributed by atoms with Gasteiger partial charge < -0.3 is 18.9 Å². The number of hydrogen-bond acceptors (Lipinski definition) is 7. The number of morpholine rings is 1. The summed E-state index contributed by atoms with van der Waals surface area (Å²) in [6.45, 7) is 3.52. The summed E-state index contributed by atoms with van der Waals surface area (Å²) < 4.78 is 32.8. The predicted molar refractivity (Wildman–Crippen MR) is 96.6 cm³/mol. The van der Waals surface area contributed by atoms with Gasteiger partial charge >= 0.3 is 0 Å². The number of rotatable bonds is 4. The first-order chi connectivity index (χ1) is 12.9. The lowest BCUT2D eigenvalue weighted by Crippen LogP contribution is -2.56. The molecule has 3 rings (SSSR count). The molecule has 2 aliphatic heterocycles. The van der Waals surface area contributed by atoms with E-state index in [1.807, 2.05) is 11.8 Å². The Balaban J connectivity index is 1.70. The van der Waals surface area contributed by atoms with Crippen molar-refractivity contribution in [2.75, 3.05) is 38.3 Å². The standard InChI is InChI=1S/C17H25N3O6S/c1-3-15(21)20-6-7-25-17(12-20)4-8-27(23,9-5-17)19-16(22)13-10-26-18-14(13)11-24-2/h10H,3-9,11-12H2,1-2H3. The number of ether oxygens (including phenoxy) is 2. The van der Waals surface area contributed by atoms with Gasteiger partial charge in [0, 0.05) is 38.1 Å². The van der Waals surface area contributed by atoms with E-state index in [-0.39, 0.29) is 29.6 Å². The van der Waals surface area contributed by atoms with Crippen LogP contribution in [0, 0.1) is 0 Å². The molecule has 10 heteroatoms. The second kappa shape index (κ2) is 8.07. The first-order valence-electron chi connectivity index (χ1n) is 9.01. The molecule has 2 amide bonds. The number of hydrogen-bond donors (Lipinski definition) is 0. The van der Waals surface area contributed by atoms with Crippen molar-refractivity contribution in [2.45, 2.75) is 38.4 Å². The van der Waals surface area contributed by atoms with Crippen LogP contribution in [0.25, 0.3) is 0 Å². The van der Waals surface area contributed by atoms with Crippen LogP contribution in [0.1, 0.15) is 42.2 Å². The highest BCUT2D eigenvalue weighted by molar-refractivity contribution is 7.93. The van der Waals surface area contributed by atoms with Crippen molar-refractivity contribution in [1.82, 2.24) is 10.1 Å². The predicted octanol–water partition coefficient (Wildman–Crippen LogP) is 1.23. The van der Waals surface area contributed by atoms with Crippen molar-refractivity contribution in [2.24, 2.45) is 4.36 Å². The molecule has 0 radical (unpaired) electrons. The lowest BCUT2D eigenvalue weighted by Gasteiger charge is -2.45. The normalized spacial score (nSPS) is 28.3. The Morgan fingerprint density at radius 3 is 2.81 bits per heavy atom. The molecule has 2 fully saturated rings. The van der Waals surface area contributed by atoms with E-state index < -0.39 is 21.2 Å². The SMILES string of the molecule is CCC(=O)N1CCOC2(CCS(=O)(=NC(=O)c3conc3COC)CC2)C1. The zero-order chi connectivity index (χ0) is 19.5. The smallest absolute Gasteiger partial charge is 0.290 e. The summed E-state index contributed by atoms with van der Waals surface area (Å²) in [5.41, 5.74) is 0.0281. The highest BCUT2D eigenvalue weighted by atomic mass is 32.2. The van der Waals surface area contributed by atoms with Gasteiger partial charge in [-0.1, -0.05) is 12.1 Å². The van der Waals surface area contributed by atoms with E-state index in [4.69, 9.17) is 14.0 Å². The maximum absolute atomic E-state index is 13.1. The van der Waals surface area contributed by atoms with Crippen LogP contribution in [-0.4, -0.2) is 70.0 Å². The molecule has 0 unspecified atom stereocenters. The van der Waals surface area contributed by atoms with Crippen LogP contribution in [0.4, 0.5) is 0 Å². The molecule has 0 bridgehead atoms. The second-order valence-corrected chi connectivity index (χ2v) is 9.43. The molecule has 0 atom stereocenters. The number of carbonyl (C=O) groups is 2. The monoisotopic (exact) mass is 399 g/mol. The Bertz CT molecular complexity index is 812. The van der Waals surface area contributed by atoms with Gasteiger partial charge in [0.1, 0.15) is 17.5 Å². The van der Waals surface area contributed by atoms with Gasteiger partial charge in [-0.15, -0.1) is 0 Å². The molecular weight excluding hydrogens is 374 g/mol. The lowest BCUT2D eigenvalue weighted by molar-refractivity contribution is -0.151. The third kappa shape index (κ3) is 4.39. The van der Waals surface area contributed by atoms with E-state index in [1.54, 1.807) is 0 Å². The van der Waals surface area contributed by atoms with E-state index >= 15 is 0 Å². The second-order valence-electron chi connectivity index (χ2n) is 6.89. The average molecular weight is 399 g/mol. The fourth-order valence-corrected chi connectivity index (χ4v) is 5.64. The molecule has 150 valence electrons. The molecule has 0 aromatic carbocycles. The molecule has 1 spiro atoms. The number of methoxy groups -OCH3 is 1. The number of carbonyl (C=O) groups excluding carboxylic acids is 2. The van der Waals surface area contributed by atoms with Crippen LogP contribution < -0.4 is 0 Å². The lowest BCUT2D eigenvalue weighted by atomic mass is 9.94. The maximum Gasteiger partial charge on any atom is 0.290 e. The number of aromatic nitrogens is 1. The van der Waals surface area contributed by atoms with Gasteiger partial charge in [0.05, 0.1) is 28.5 Å². The molecule has 0 aliphatic carbocycles. The first-order valence-corrected chi connectivity index (χ1v) is 10.9. The molecule has 0 N–H and O–H groups in total. The van der Waals surface area contributed by atoms with Crippen molar-refractivity contribution in [3.05, 3.63) is 17.5 Å².